The van der Waals surface area contributed by atoms with Gasteiger partial charge in [0.2, 0.25) is 11.8 Å². The SMILES string of the molecule is NC(N)=NCCC[C@@H](C(=O)O)N(NCc1ccc(Cl)c(Cl)c1)C(=O)CC(=O)Nc1ccc(Oc2ccccc2)cc1. The average molecular weight is 601 g/mol. The molecular weight excluding hydrogens is 571 g/mol. The number of anilines is 1. The van der Waals surface area contributed by atoms with Crippen molar-refractivity contribution in [2.45, 2.75) is 31.8 Å². The summed E-state index contributed by atoms with van der Waals surface area (Å²) in [7, 11) is 0. The number of amides is 2. The van der Waals surface area contributed by atoms with Gasteiger partial charge in [0.1, 0.15) is 24.0 Å². The van der Waals surface area contributed by atoms with Crippen molar-refractivity contribution >= 4 is 52.6 Å². The third-order valence-corrected chi connectivity index (χ3v) is 6.40. The fourth-order valence-corrected chi connectivity index (χ4v) is 4.03. The number of hydrazine groups is 1. The zero-order chi connectivity index (χ0) is 29.8. The number of carbonyl (C=O) groups excluding carboxylic acids is 2. The van der Waals surface area contributed by atoms with Crippen LogP contribution in [0.15, 0.2) is 77.8 Å². The van der Waals surface area contributed by atoms with Crippen molar-refractivity contribution in [3.63, 3.8) is 0 Å². The summed E-state index contributed by atoms with van der Waals surface area (Å²) in [5, 5.41) is 14.1. The lowest BCUT2D eigenvalue weighted by Crippen LogP contribution is -2.53. The number of benzene rings is 3. The maximum Gasteiger partial charge on any atom is 0.328 e. The molecule has 7 N–H and O–H groups in total. The van der Waals surface area contributed by atoms with E-state index in [2.05, 4.69) is 15.7 Å². The monoisotopic (exact) mass is 600 g/mol. The molecule has 0 spiro atoms. The molecule has 3 rings (SSSR count). The highest BCUT2D eigenvalue weighted by Crippen LogP contribution is 2.24. The molecule has 0 unspecified atom stereocenters. The van der Waals surface area contributed by atoms with Crippen molar-refractivity contribution in [1.29, 1.82) is 0 Å². The standard InChI is InChI=1S/C28H30Cl2N6O5/c29-22-13-8-18(15-23(22)30)17-34-36(24(27(39)40)7-4-14-33-28(31)32)26(38)16-25(37)35-19-9-11-21(12-10-19)41-20-5-2-1-3-6-20/h1-3,5-6,8-13,15,24,34H,4,7,14,16-17H2,(H,35,37)(H,39,40)(H4,31,32,33)/t24-/m0/s1. The lowest BCUT2D eigenvalue weighted by Gasteiger charge is -2.29. The molecule has 216 valence electrons. The van der Waals surface area contributed by atoms with E-state index in [0.717, 1.165) is 5.01 Å². The molecule has 3 aromatic rings. The summed E-state index contributed by atoms with van der Waals surface area (Å²) in [6.07, 6.45) is -0.318. The van der Waals surface area contributed by atoms with Gasteiger partial charge in [0.05, 0.1) is 10.0 Å². The molecule has 0 aliphatic heterocycles. The van der Waals surface area contributed by atoms with Crippen molar-refractivity contribution in [2.24, 2.45) is 16.5 Å². The quantitative estimate of drug-likeness (QED) is 0.0603. The molecule has 2 amide bonds. The van der Waals surface area contributed by atoms with E-state index >= 15 is 0 Å². The summed E-state index contributed by atoms with van der Waals surface area (Å²) in [5.74, 6) is -1.54. The van der Waals surface area contributed by atoms with Gasteiger partial charge in [-0.2, -0.15) is 0 Å². The van der Waals surface area contributed by atoms with E-state index < -0.39 is 30.2 Å². The van der Waals surface area contributed by atoms with Crippen LogP contribution in [-0.4, -0.2) is 46.4 Å². The number of halogens is 2. The zero-order valence-corrected chi connectivity index (χ0v) is 23.4. The highest BCUT2D eigenvalue weighted by Gasteiger charge is 2.30. The molecule has 11 nitrogen and oxygen atoms in total. The molecule has 13 heteroatoms. The van der Waals surface area contributed by atoms with E-state index in [1.54, 1.807) is 42.5 Å². The van der Waals surface area contributed by atoms with Gasteiger partial charge in [-0.3, -0.25) is 19.6 Å². The summed E-state index contributed by atoms with van der Waals surface area (Å²) in [4.78, 5) is 42.0. The predicted molar refractivity (Wildman–Crippen MR) is 158 cm³/mol. The first-order valence-electron chi connectivity index (χ1n) is 12.5. The molecule has 0 fully saturated rings. The minimum atomic E-state index is -1.30. The van der Waals surface area contributed by atoms with Crippen LogP contribution in [0.5, 0.6) is 11.5 Å². The molecular formula is C28H30Cl2N6O5. The Bertz CT molecular complexity index is 1370. The first-order chi connectivity index (χ1) is 19.6. The van der Waals surface area contributed by atoms with Crippen LogP contribution in [0.2, 0.25) is 10.0 Å². The van der Waals surface area contributed by atoms with E-state index in [0.29, 0.717) is 32.8 Å². The Morgan fingerprint density at radius 2 is 1.63 bits per heavy atom. The van der Waals surface area contributed by atoms with Crippen molar-refractivity contribution in [1.82, 2.24) is 10.4 Å². The predicted octanol–water partition coefficient (Wildman–Crippen LogP) is 4.15. The smallest absolute Gasteiger partial charge is 0.328 e. The van der Waals surface area contributed by atoms with Gasteiger partial charge in [0.15, 0.2) is 5.96 Å². The average Bonchev–Trinajstić information content (AvgIpc) is 2.93. The van der Waals surface area contributed by atoms with Crippen LogP contribution in [0.4, 0.5) is 5.69 Å². The number of carbonyl (C=O) groups is 3. The number of hydrogen-bond donors (Lipinski definition) is 5. The van der Waals surface area contributed by atoms with Crippen molar-refractivity contribution in [3.05, 3.63) is 88.4 Å². The molecule has 0 aliphatic carbocycles. The number of nitrogens with zero attached hydrogens (tertiary/aromatic N) is 2. The molecule has 0 bridgehead atoms. The number of nitrogens with one attached hydrogen (secondary N) is 2. The summed E-state index contributed by atoms with van der Waals surface area (Å²) >= 11 is 12.1. The van der Waals surface area contributed by atoms with Gasteiger partial charge < -0.3 is 26.6 Å². The van der Waals surface area contributed by atoms with Crippen LogP contribution in [-0.2, 0) is 20.9 Å². The number of aliphatic imine (C=N–C) groups is 1. The number of hydrogen-bond acceptors (Lipinski definition) is 6. The lowest BCUT2D eigenvalue weighted by molar-refractivity contribution is -0.154. The summed E-state index contributed by atoms with van der Waals surface area (Å²) in [6, 6.07) is 19.4. The lowest BCUT2D eigenvalue weighted by atomic mass is 10.1. The van der Waals surface area contributed by atoms with Crippen molar-refractivity contribution in [2.75, 3.05) is 11.9 Å². The highest BCUT2D eigenvalue weighted by atomic mass is 35.5. The minimum absolute atomic E-state index is 0.0245. The van der Waals surface area contributed by atoms with Gasteiger partial charge in [-0.25, -0.2) is 10.2 Å². The Morgan fingerprint density at radius 3 is 2.27 bits per heavy atom. The fourth-order valence-electron chi connectivity index (χ4n) is 3.71. The molecule has 0 heterocycles. The third kappa shape index (κ3) is 10.3. The van der Waals surface area contributed by atoms with E-state index in [1.807, 2.05) is 30.3 Å². The van der Waals surface area contributed by atoms with Gasteiger partial charge in [0.25, 0.3) is 0 Å². The second-order valence-electron chi connectivity index (χ2n) is 8.81. The zero-order valence-electron chi connectivity index (χ0n) is 21.9. The van der Waals surface area contributed by atoms with Crippen molar-refractivity contribution < 1.29 is 24.2 Å². The number of rotatable bonds is 14. The Balaban J connectivity index is 1.68. The van der Waals surface area contributed by atoms with Gasteiger partial charge in [-0.15, -0.1) is 0 Å². The van der Waals surface area contributed by atoms with Gasteiger partial charge >= 0.3 is 5.97 Å². The Kier molecular flexibility index (Phi) is 11.8. The van der Waals surface area contributed by atoms with Gasteiger partial charge in [-0.05, 0) is 66.9 Å². The maximum atomic E-state index is 13.2. The molecule has 0 aromatic heterocycles. The van der Waals surface area contributed by atoms with Crippen LogP contribution >= 0.6 is 23.2 Å². The number of carboxylic acid groups (broad SMARTS) is 1. The van der Waals surface area contributed by atoms with Crippen LogP contribution < -0.4 is 26.9 Å². The first kappa shape index (κ1) is 31.2. The second kappa shape index (κ2) is 15.5. The topological polar surface area (TPSA) is 172 Å². The fraction of sp³-hybridized carbons (Fsp3) is 0.214. The number of ether oxygens (including phenoxy) is 1. The molecule has 0 saturated carbocycles. The minimum Gasteiger partial charge on any atom is -0.480 e. The van der Waals surface area contributed by atoms with E-state index in [-0.39, 0.29) is 31.9 Å². The summed E-state index contributed by atoms with van der Waals surface area (Å²) < 4.78 is 5.74. The summed E-state index contributed by atoms with van der Waals surface area (Å²) in [6.45, 7) is 0.218. The van der Waals surface area contributed by atoms with Gasteiger partial charge in [-0.1, -0.05) is 47.5 Å². The summed E-state index contributed by atoms with van der Waals surface area (Å²) in [5.41, 5.74) is 14.6. The molecule has 1 atom stereocenters. The van der Waals surface area contributed by atoms with Crippen LogP contribution in [0, 0.1) is 0 Å². The molecule has 3 aromatic carbocycles. The normalized spacial score (nSPS) is 11.3. The largest absolute Gasteiger partial charge is 0.480 e. The number of carboxylic acids is 1. The molecule has 41 heavy (non-hydrogen) atoms. The van der Waals surface area contributed by atoms with E-state index in [4.69, 9.17) is 39.4 Å². The van der Waals surface area contributed by atoms with Crippen LogP contribution in [0.3, 0.4) is 0 Å². The Hall–Kier alpha value is -4.32. The maximum absolute atomic E-state index is 13.2. The Labute approximate surface area is 247 Å². The highest BCUT2D eigenvalue weighted by molar-refractivity contribution is 6.42. The second-order valence-corrected chi connectivity index (χ2v) is 9.63. The van der Waals surface area contributed by atoms with Crippen LogP contribution in [0.1, 0.15) is 24.8 Å². The van der Waals surface area contributed by atoms with E-state index in [9.17, 15) is 19.5 Å². The molecule has 0 aliphatic rings. The van der Waals surface area contributed by atoms with Gasteiger partial charge in [0, 0.05) is 18.8 Å². The van der Waals surface area contributed by atoms with Crippen molar-refractivity contribution in [3.8, 4) is 11.5 Å². The van der Waals surface area contributed by atoms with Crippen LogP contribution in [0.25, 0.3) is 0 Å². The Morgan fingerprint density at radius 1 is 0.951 bits per heavy atom. The van der Waals surface area contributed by atoms with E-state index in [1.165, 1.54) is 0 Å². The first-order valence-corrected chi connectivity index (χ1v) is 13.3. The number of aliphatic carboxylic acids is 1. The molecule has 0 radical (unpaired) electrons. The third-order valence-electron chi connectivity index (χ3n) is 5.66. The number of nitrogens with two attached hydrogens (primary N) is 2. The number of para-hydroxylation sites is 1. The molecule has 0 saturated heterocycles. The number of guanidine groups is 1.